The first-order valence-electron chi connectivity index (χ1n) is 5.88. The molecule has 1 N–H and O–H groups in total. The average Bonchev–Trinajstić information content (AvgIpc) is 2.75. The third kappa shape index (κ3) is 1.94. The van der Waals surface area contributed by atoms with Crippen LogP contribution >= 0.6 is 15.9 Å². The molecule has 2 atom stereocenters. The Labute approximate surface area is 104 Å². The Hall–Kier alpha value is -0.670. The van der Waals surface area contributed by atoms with E-state index in [2.05, 4.69) is 38.4 Å². The minimum atomic E-state index is 0.600. The normalized spacial score (nSPS) is 28.7. The van der Waals surface area contributed by atoms with Crippen molar-refractivity contribution in [3.63, 3.8) is 0 Å². The van der Waals surface area contributed by atoms with Crippen LogP contribution in [-0.2, 0) is 0 Å². The van der Waals surface area contributed by atoms with Gasteiger partial charge in [0.05, 0.1) is 0 Å². The molecule has 0 radical (unpaired) electrons. The maximum Gasteiger partial charge on any atom is 0.0410 e. The highest BCUT2D eigenvalue weighted by molar-refractivity contribution is 9.10. The van der Waals surface area contributed by atoms with Crippen molar-refractivity contribution < 1.29 is 0 Å². The van der Waals surface area contributed by atoms with Crippen molar-refractivity contribution in [2.24, 2.45) is 5.92 Å². The van der Waals surface area contributed by atoms with Gasteiger partial charge in [0.25, 0.3) is 0 Å². The van der Waals surface area contributed by atoms with Crippen molar-refractivity contribution >= 4 is 21.5 Å². The van der Waals surface area contributed by atoms with Crippen molar-refractivity contribution in [2.75, 3.05) is 6.54 Å². The van der Waals surface area contributed by atoms with Gasteiger partial charge in [-0.05, 0) is 64.9 Å². The van der Waals surface area contributed by atoms with Gasteiger partial charge in [-0.2, -0.15) is 0 Å². The maximum atomic E-state index is 4.24. The smallest absolute Gasteiger partial charge is 0.0410 e. The van der Waals surface area contributed by atoms with E-state index in [0.717, 1.165) is 10.4 Å². The van der Waals surface area contributed by atoms with Crippen LogP contribution < -0.4 is 5.32 Å². The van der Waals surface area contributed by atoms with E-state index in [9.17, 15) is 0 Å². The van der Waals surface area contributed by atoms with Crippen LogP contribution in [0.25, 0.3) is 5.57 Å². The van der Waals surface area contributed by atoms with Gasteiger partial charge in [0.15, 0.2) is 0 Å². The Bertz CT molecular complexity index is 428. The molecule has 0 saturated carbocycles. The van der Waals surface area contributed by atoms with E-state index in [-0.39, 0.29) is 0 Å². The molecule has 0 amide bonds. The SMILES string of the molecule is Brc1cncc(C2=C[C@@H]3NCC[C@@H]3CC2)c1. The molecule has 3 rings (SSSR count). The van der Waals surface area contributed by atoms with Crippen molar-refractivity contribution in [3.05, 3.63) is 34.6 Å². The summed E-state index contributed by atoms with van der Waals surface area (Å²) in [6.45, 7) is 1.18. The summed E-state index contributed by atoms with van der Waals surface area (Å²) in [5.41, 5.74) is 2.71. The van der Waals surface area contributed by atoms with Crippen LogP contribution in [0.4, 0.5) is 0 Å². The molecule has 3 heteroatoms. The Morgan fingerprint density at radius 1 is 1.31 bits per heavy atom. The van der Waals surface area contributed by atoms with E-state index in [1.807, 2.05) is 12.4 Å². The van der Waals surface area contributed by atoms with Crippen molar-refractivity contribution in [1.82, 2.24) is 10.3 Å². The van der Waals surface area contributed by atoms with Crippen LogP contribution in [0.3, 0.4) is 0 Å². The Morgan fingerprint density at radius 2 is 2.25 bits per heavy atom. The van der Waals surface area contributed by atoms with E-state index in [1.165, 1.54) is 36.9 Å². The fourth-order valence-corrected chi connectivity index (χ4v) is 3.13. The molecule has 2 aliphatic rings. The lowest BCUT2D eigenvalue weighted by Crippen LogP contribution is -2.27. The number of rotatable bonds is 1. The first-order valence-corrected chi connectivity index (χ1v) is 6.67. The number of aromatic nitrogens is 1. The molecule has 0 spiro atoms. The molecule has 1 aromatic rings. The number of halogens is 1. The van der Waals surface area contributed by atoms with Crippen molar-refractivity contribution in [2.45, 2.75) is 25.3 Å². The van der Waals surface area contributed by atoms with Crippen LogP contribution in [0.1, 0.15) is 24.8 Å². The predicted octanol–water partition coefficient (Wildman–Crippen LogP) is 3.00. The average molecular weight is 279 g/mol. The first kappa shape index (κ1) is 10.5. The molecule has 1 saturated heterocycles. The van der Waals surface area contributed by atoms with E-state index < -0.39 is 0 Å². The molecule has 16 heavy (non-hydrogen) atoms. The number of nitrogens with zero attached hydrogens (tertiary/aromatic N) is 1. The van der Waals surface area contributed by atoms with Crippen molar-refractivity contribution in [3.8, 4) is 0 Å². The highest BCUT2D eigenvalue weighted by atomic mass is 79.9. The van der Waals surface area contributed by atoms with Gasteiger partial charge in [0.1, 0.15) is 0 Å². The third-order valence-electron chi connectivity index (χ3n) is 3.64. The Balaban J connectivity index is 1.90. The maximum absolute atomic E-state index is 4.24. The van der Waals surface area contributed by atoms with Gasteiger partial charge in [-0.3, -0.25) is 4.98 Å². The van der Waals surface area contributed by atoms with Crippen molar-refractivity contribution in [1.29, 1.82) is 0 Å². The number of allylic oxidation sites excluding steroid dienone is 1. The number of hydrogen-bond donors (Lipinski definition) is 1. The zero-order valence-electron chi connectivity index (χ0n) is 9.12. The highest BCUT2D eigenvalue weighted by Crippen LogP contribution is 2.34. The molecule has 0 unspecified atom stereocenters. The summed E-state index contributed by atoms with van der Waals surface area (Å²) in [6.07, 6.45) is 10.1. The quantitative estimate of drug-likeness (QED) is 0.854. The van der Waals surface area contributed by atoms with Crippen LogP contribution in [0.2, 0.25) is 0 Å². The van der Waals surface area contributed by atoms with Gasteiger partial charge in [-0.25, -0.2) is 0 Å². The topological polar surface area (TPSA) is 24.9 Å². The number of nitrogens with one attached hydrogen (secondary N) is 1. The van der Waals surface area contributed by atoms with Crippen LogP contribution in [0.15, 0.2) is 29.0 Å². The molecule has 2 heterocycles. The highest BCUT2D eigenvalue weighted by Gasteiger charge is 2.28. The fraction of sp³-hybridized carbons (Fsp3) is 0.462. The first-order chi connectivity index (χ1) is 7.83. The lowest BCUT2D eigenvalue weighted by molar-refractivity contribution is 0.465. The summed E-state index contributed by atoms with van der Waals surface area (Å²) in [4.78, 5) is 4.24. The lowest BCUT2D eigenvalue weighted by Gasteiger charge is -2.24. The summed E-state index contributed by atoms with van der Waals surface area (Å²) < 4.78 is 1.06. The van der Waals surface area contributed by atoms with Crippen LogP contribution in [-0.4, -0.2) is 17.6 Å². The monoisotopic (exact) mass is 278 g/mol. The molecular formula is C13H15BrN2. The van der Waals surface area contributed by atoms with Gasteiger partial charge in [0, 0.05) is 22.9 Å². The van der Waals surface area contributed by atoms with Gasteiger partial charge in [-0.15, -0.1) is 0 Å². The fourth-order valence-electron chi connectivity index (χ4n) is 2.77. The van der Waals surface area contributed by atoms with E-state index >= 15 is 0 Å². The number of pyridine rings is 1. The Kier molecular flexibility index (Phi) is 2.82. The molecular weight excluding hydrogens is 264 g/mol. The van der Waals surface area contributed by atoms with Gasteiger partial charge in [-0.1, -0.05) is 6.08 Å². The van der Waals surface area contributed by atoms with Gasteiger partial charge in [0.2, 0.25) is 0 Å². The molecule has 1 fully saturated rings. The van der Waals surface area contributed by atoms with Gasteiger partial charge >= 0.3 is 0 Å². The summed E-state index contributed by atoms with van der Waals surface area (Å²) in [7, 11) is 0. The predicted molar refractivity (Wildman–Crippen MR) is 69.0 cm³/mol. The van der Waals surface area contributed by atoms with Gasteiger partial charge < -0.3 is 5.32 Å². The van der Waals surface area contributed by atoms with E-state index in [1.54, 1.807) is 0 Å². The Morgan fingerprint density at radius 3 is 3.12 bits per heavy atom. The zero-order chi connectivity index (χ0) is 11.0. The van der Waals surface area contributed by atoms with E-state index in [0.29, 0.717) is 6.04 Å². The molecule has 1 aromatic heterocycles. The standard InChI is InChI=1S/C13H15BrN2/c14-12-5-11(7-15-8-12)10-2-1-9-3-4-16-13(9)6-10/h5-9,13,16H,1-4H2/t9-,13-/m0/s1. The second-order valence-corrected chi connectivity index (χ2v) is 5.57. The zero-order valence-corrected chi connectivity index (χ0v) is 10.7. The minimum Gasteiger partial charge on any atom is -0.310 e. The molecule has 0 aromatic carbocycles. The number of hydrogen-bond acceptors (Lipinski definition) is 2. The molecule has 84 valence electrons. The summed E-state index contributed by atoms with van der Waals surface area (Å²) in [5, 5.41) is 3.56. The molecule has 2 nitrogen and oxygen atoms in total. The second-order valence-electron chi connectivity index (χ2n) is 4.65. The second kappa shape index (κ2) is 4.30. The van der Waals surface area contributed by atoms with E-state index in [4.69, 9.17) is 0 Å². The lowest BCUT2D eigenvalue weighted by atomic mass is 9.84. The molecule has 1 aliphatic heterocycles. The van der Waals surface area contributed by atoms with Crippen LogP contribution in [0, 0.1) is 5.92 Å². The third-order valence-corrected chi connectivity index (χ3v) is 4.08. The summed E-state index contributed by atoms with van der Waals surface area (Å²) >= 11 is 3.48. The van der Waals surface area contributed by atoms with Crippen LogP contribution in [0.5, 0.6) is 0 Å². The minimum absolute atomic E-state index is 0.600. The number of fused-ring (bicyclic) bond motifs is 1. The summed E-state index contributed by atoms with van der Waals surface area (Å²) in [6, 6.07) is 2.76. The molecule has 1 aliphatic carbocycles. The summed E-state index contributed by atoms with van der Waals surface area (Å²) in [5.74, 6) is 0.865. The molecule has 0 bridgehead atoms. The largest absolute Gasteiger partial charge is 0.310 e.